The van der Waals surface area contributed by atoms with E-state index in [0.717, 1.165) is 17.9 Å². The quantitative estimate of drug-likeness (QED) is 0.702. The number of ether oxygens (including phenoxy) is 1. The number of likely N-dealkylation sites (N-methyl/N-ethyl adjacent to an activating group) is 1. The molecule has 0 saturated carbocycles. The molecule has 1 aromatic rings. The van der Waals surface area contributed by atoms with Crippen molar-refractivity contribution in [1.82, 2.24) is 15.5 Å². The fraction of sp³-hybridized carbons (Fsp3) is 0.562. The van der Waals surface area contributed by atoms with E-state index < -0.39 is 0 Å². The highest BCUT2D eigenvalue weighted by atomic mass is 35.5. The number of carbonyl (C=O) groups excluding carboxylic acids is 1. The number of nitrogens with zero attached hydrogens (tertiary/aromatic N) is 1. The van der Waals surface area contributed by atoms with Crippen molar-refractivity contribution in [3.63, 3.8) is 0 Å². The van der Waals surface area contributed by atoms with E-state index in [4.69, 9.17) is 4.74 Å². The third-order valence-corrected chi connectivity index (χ3v) is 3.13. The van der Waals surface area contributed by atoms with Crippen molar-refractivity contribution < 1.29 is 9.53 Å². The van der Waals surface area contributed by atoms with Gasteiger partial charge in [0.15, 0.2) is 0 Å². The molecule has 134 valence electrons. The highest BCUT2D eigenvalue weighted by Gasteiger charge is 2.11. The molecule has 0 saturated heterocycles. The second kappa shape index (κ2) is 13.4. The Kier molecular flexibility index (Phi) is 14.2. The van der Waals surface area contributed by atoms with Crippen LogP contribution in [-0.2, 0) is 11.3 Å². The zero-order chi connectivity index (χ0) is 15.7. The predicted molar refractivity (Wildman–Crippen MR) is 99.9 cm³/mol. The molecule has 23 heavy (non-hydrogen) atoms. The number of carbonyl (C=O) groups is 1. The van der Waals surface area contributed by atoms with Crippen LogP contribution in [0, 0.1) is 5.92 Å². The Bertz CT molecular complexity index is 445. The maximum Gasteiger partial charge on any atom is 0.224 e. The smallest absolute Gasteiger partial charge is 0.224 e. The number of rotatable bonds is 9. The van der Waals surface area contributed by atoms with Crippen molar-refractivity contribution >= 4 is 30.7 Å². The summed E-state index contributed by atoms with van der Waals surface area (Å²) in [5.41, 5.74) is 1.04. The fourth-order valence-corrected chi connectivity index (χ4v) is 1.85. The summed E-state index contributed by atoms with van der Waals surface area (Å²) in [4.78, 5) is 13.9. The number of amides is 1. The van der Waals surface area contributed by atoms with E-state index >= 15 is 0 Å². The molecule has 7 heteroatoms. The molecule has 0 fully saturated rings. The lowest BCUT2D eigenvalue weighted by Crippen LogP contribution is -2.33. The van der Waals surface area contributed by atoms with Gasteiger partial charge in [0.1, 0.15) is 12.4 Å². The molecule has 0 radical (unpaired) electrons. The van der Waals surface area contributed by atoms with Gasteiger partial charge in [-0.2, -0.15) is 0 Å². The Morgan fingerprint density at radius 1 is 1.30 bits per heavy atom. The Morgan fingerprint density at radius 3 is 2.61 bits per heavy atom. The highest BCUT2D eigenvalue weighted by Crippen LogP contribution is 2.13. The monoisotopic (exact) mass is 365 g/mol. The third-order valence-electron chi connectivity index (χ3n) is 3.13. The van der Waals surface area contributed by atoms with Crippen LogP contribution in [0.4, 0.5) is 0 Å². The van der Waals surface area contributed by atoms with Crippen LogP contribution in [0.2, 0.25) is 0 Å². The number of benzene rings is 1. The molecular formula is C16H29Cl2N3O2. The van der Waals surface area contributed by atoms with Gasteiger partial charge in [0.25, 0.3) is 0 Å². The Labute approximate surface area is 152 Å². The fourth-order valence-electron chi connectivity index (χ4n) is 1.85. The molecule has 1 atom stereocenters. The van der Waals surface area contributed by atoms with E-state index in [2.05, 4.69) is 15.5 Å². The van der Waals surface area contributed by atoms with Gasteiger partial charge in [-0.15, -0.1) is 24.8 Å². The summed E-state index contributed by atoms with van der Waals surface area (Å²) in [6, 6.07) is 7.84. The minimum Gasteiger partial charge on any atom is -0.492 e. The molecule has 1 unspecified atom stereocenters. The van der Waals surface area contributed by atoms with Crippen molar-refractivity contribution in [3.8, 4) is 5.75 Å². The van der Waals surface area contributed by atoms with Gasteiger partial charge in [-0.05, 0) is 38.8 Å². The van der Waals surface area contributed by atoms with Crippen LogP contribution in [0.3, 0.4) is 0 Å². The first-order valence-corrected chi connectivity index (χ1v) is 7.31. The van der Waals surface area contributed by atoms with Crippen LogP contribution in [0.25, 0.3) is 0 Å². The zero-order valence-corrected chi connectivity index (χ0v) is 15.9. The molecule has 1 rings (SSSR count). The molecule has 0 aliphatic carbocycles. The average molecular weight is 366 g/mol. The molecule has 2 N–H and O–H groups in total. The Morgan fingerprint density at radius 2 is 2.00 bits per heavy atom. The van der Waals surface area contributed by atoms with Crippen molar-refractivity contribution in [2.24, 2.45) is 5.92 Å². The van der Waals surface area contributed by atoms with Gasteiger partial charge < -0.3 is 20.3 Å². The summed E-state index contributed by atoms with van der Waals surface area (Å²) in [6.07, 6.45) is 0. The zero-order valence-electron chi connectivity index (χ0n) is 14.3. The van der Waals surface area contributed by atoms with Crippen LogP contribution in [0.5, 0.6) is 5.75 Å². The minimum atomic E-state index is -0.0328. The summed E-state index contributed by atoms with van der Waals surface area (Å²) < 4.78 is 5.69. The van der Waals surface area contributed by atoms with Crippen molar-refractivity contribution in [1.29, 1.82) is 0 Å². The van der Waals surface area contributed by atoms with E-state index in [1.807, 2.05) is 52.3 Å². The molecule has 0 aromatic heterocycles. The molecule has 5 nitrogen and oxygen atoms in total. The topological polar surface area (TPSA) is 53.6 Å². The van der Waals surface area contributed by atoms with E-state index in [1.54, 1.807) is 0 Å². The van der Waals surface area contributed by atoms with E-state index in [1.165, 1.54) is 0 Å². The van der Waals surface area contributed by atoms with E-state index in [0.29, 0.717) is 19.7 Å². The maximum absolute atomic E-state index is 11.9. The number of hydrogen-bond acceptors (Lipinski definition) is 4. The number of nitrogens with one attached hydrogen (secondary N) is 2. The predicted octanol–water partition coefficient (Wildman–Crippen LogP) is 1.94. The molecule has 0 spiro atoms. The second-order valence-electron chi connectivity index (χ2n) is 5.48. The molecular weight excluding hydrogens is 337 g/mol. The van der Waals surface area contributed by atoms with Crippen molar-refractivity contribution in [2.45, 2.75) is 13.5 Å². The molecule has 1 amide bonds. The first-order chi connectivity index (χ1) is 10.0. The second-order valence-corrected chi connectivity index (χ2v) is 5.48. The summed E-state index contributed by atoms with van der Waals surface area (Å²) in [5.74, 6) is 0.865. The molecule has 0 aliphatic heterocycles. The van der Waals surface area contributed by atoms with Gasteiger partial charge in [-0.1, -0.05) is 19.1 Å². The summed E-state index contributed by atoms with van der Waals surface area (Å²) in [7, 11) is 5.88. The first kappa shape index (κ1) is 24.2. The van der Waals surface area contributed by atoms with E-state index in [-0.39, 0.29) is 36.6 Å². The Hall–Kier alpha value is -1.01. The highest BCUT2D eigenvalue weighted by molar-refractivity contribution is 5.85. The van der Waals surface area contributed by atoms with Crippen molar-refractivity contribution in [3.05, 3.63) is 29.8 Å². The van der Waals surface area contributed by atoms with Gasteiger partial charge >= 0.3 is 0 Å². The SMILES string of the molecule is CNCC(C)C(=O)NCc1cccc(OCCN(C)C)c1.Cl.Cl. The lowest BCUT2D eigenvalue weighted by Gasteiger charge is -2.13. The molecule has 0 heterocycles. The van der Waals surface area contributed by atoms with Crippen LogP contribution >= 0.6 is 24.8 Å². The number of halogens is 2. The molecule has 0 aliphatic rings. The number of hydrogen-bond donors (Lipinski definition) is 2. The van der Waals surface area contributed by atoms with Gasteiger partial charge in [0.05, 0.1) is 0 Å². The standard InChI is InChI=1S/C16H27N3O2.2ClH/c1-13(11-17-2)16(20)18-12-14-6-5-7-15(10-14)21-9-8-19(3)4;;/h5-7,10,13,17H,8-9,11-12H2,1-4H3,(H,18,20);2*1H. The van der Waals surface area contributed by atoms with Crippen LogP contribution in [-0.4, -0.2) is 51.6 Å². The summed E-state index contributed by atoms with van der Waals surface area (Å²) in [6.45, 7) is 4.65. The lowest BCUT2D eigenvalue weighted by atomic mass is 10.1. The van der Waals surface area contributed by atoms with Gasteiger partial charge in [0, 0.05) is 25.6 Å². The third kappa shape index (κ3) is 10.4. The van der Waals surface area contributed by atoms with Crippen LogP contribution < -0.4 is 15.4 Å². The van der Waals surface area contributed by atoms with E-state index in [9.17, 15) is 4.79 Å². The largest absolute Gasteiger partial charge is 0.492 e. The molecule has 1 aromatic carbocycles. The molecule has 0 bridgehead atoms. The minimum absolute atomic E-state index is 0. The normalized spacial score (nSPS) is 11.2. The van der Waals surface area contributed by atoms with Crippen LogP contribution in [0.15, 0.2) is 24.3 Å². The summed E-state index contributed by atoms with van der Waals surface area (Å²) in [5, 5.41) is 5.95. The average Bonchev–Trinajstić information content (AvgIpc) is 2.45. The van der Waals surface area contributed by atoms with Gasteiger partial charge in [0.2, 0.25) is 5.91 Å². The first-order valence-electron chi connectivity index (χ1n) is 7.31. The lowest BCUT2D eigenvalue weighted by molar-refractivity contribution is -0.124. The van der Waals surface area contributed by atoms with Gasteiger partial charge in [-0.25, -0.2) is 0 Å². The maximum atomic E-state index is 11.9. The van der Waals surface area contributed by atoms with Crippen molar-refractivity contribution in [2.75, 3.05) is 40.8 Å². The van der Waals surface area contributed by atoms with Gasteiger partial charge in [-0.3, -0.25) is 4.79 Å². The Balaban J connectivity index is 0. The summed E-state index contributed by atoms with van der Waals surface area (Å²) >= 11 is 0. The van der Waals surface area contributed by atoms with Crippen LogP contribution in [0.1, 0.15) is 12.5 Å².